The molecule has 3 rings (SSSR count). The number of anilines is 2. The molecule has 0 aliphatic carbocycles. The summed E-state index contributed by atoms with van der Waals surface area (Å²) in [4.78, 5) is 24.8. The molecule has 0 spiro atoms. The Kier molecular flexibility index (Phi) is 2.67. The Hall–Kier alpha value is -2.08. The number of fused-ring (bicyclic) bond motifs is 1. The van der Waals surface area contributed by atoms with E-state index in [0.717, 1.165) is 11.4 Å². The van der Waals surface area contributed by atoms with Gasteiger partial charge in [-0.1, -0.05) is 12.1 Å². The van der Waals surface area contributed by atoms with Crippen LogP contribution in [0, 0.1) is 0 Å². The first-order valence-corrected chi connectivity index (χ1v) is 6.20. The number of carbonyl (C=O) groups is 2. The van der Waals surface area contributed by atoms with E-state index in [-0.39, 0.29) is 18.9 Å². The van der Waals surface area contributed by atoms with E-state index in [9.17, 15) is 9.59 Å². The molecule has 1 saturated heterocycles. The highest BCUT2D eigenvalue weighted by atomic mass is 16.4. The number of aliphatic carboxylic acids is 1. The predicted molar refractivity (Wildman–Crippen MR) is 70.3 cm³/mol. The van der Waals surface area contributed by atoms with Crippen LogP contribution in [0.2, 0.25) is 0 Å². The molecular weight excluding hydrogens is 246 g/mol. The van der Waals surface area contributed by atoms with Gasteiger partial charge in [-0.25, -0.2) is 0 Å². The minimum atomic E-state index is -0.843. The quantitative estimate of drug-likeness (QED) is 0.727. The number of rotatable bonds is 3. The molecule has 2 aliphatic rings. The lowest BCUT2D eigenvalue weighted by molar-refractivity contribution is -0.139. The second kappa shape index (κ2) is 4.24. The van der Waals surface area contributed by atoms with Gasteiger partial charge in [0.15, 0.2) is 0 Å². The predicted octanol–water partition coefficient (Wildman–Crippen LogP) is 0.262. The topological polar surface area (TPSA) is 81.7 Å². The Labute approximate surface area is 110 Å². The zero-order valence-corrected chi connectivity index (χ0v) is 10.3. The lowest BCUT2D eigenvalue weighted by atomic mass is 9.85. The van der Waals surface area contributed by atoms with Gasteiger partial charge in [0.1, 0.15) is 0 Å². The number of nitrogens with zero attached hydrogens (tertiary/aromatic N) is 1. The molecule has 1 amide bonds. The minimum absolute atomic E-state index is 0.0294. The fourth-order valence-electron chi connectivity index (χ4n) is 2.76. The van der Waals surface area contributed by atoms with Gasteiger partial charge in [0.05, 0.1) is 29.9 Å². The van der Waals surface area contributed by atoms with Crippen molar-refractivity contribution < 1.29 is 14.7 Å². The van der Waals surface area contributed by atoms with Gasteiger partial charge in [0.2, 0.25) is 5.91 Å². The summed E-state index contributed by atoms with van der Waals surface area (Å²) in [6, 6.07) is 7.49. The van der Waals surface area contributed by atoms with Crippen LogP contribution in [0.3, 0.4) is 0 Å². The largest absolute Gasteiger partial charge is 0.481 e. The average Bonchev–Trinajstić information content (AvgIpc) is 2.32. The average molecular weight is 261 g/mol. The van der Waals surface area contributed by atoms with Gasteiger partial charge in [0.25, 0.3) is 0 Å². The number of para-hydroxylation sites is 2. The lowest BCUT2D eigenvalue weighted by Crippen LogP contribution is -2.71. The summed E-state index contributed by atoms with van der Waals surface area (Å²) in [6.45, 7) is 1.37. The summed E-state index contributed by atoms with van der Waals surface area (Å²) >= 11 is 0. The van der Waals surface area contributed by atoms with Crippen molar-refractivity contribution in [3.8, 4) is 0 Å². The Morgan fingerprint density at radius 3 is 2.74 bits per heavy atom. The Morgan fingerprint density at radius 2 is 2.11 bits per heavy atom. The Morgan fingerprint density at radius 1 is 1.37 bits per heavy atom. The number of benzene rings is 1. The highest BCUT2D eigenvalue weighted by Crippen LogP contribution is 2.37. The van der Waals surface area contributed by atoms with Crippen molar-refractivity contribution in [2.45, 2.75) is 12.0 Å². The molecule has 6 nitrogen and oxygen atoms in total. The molecule has 0 aromatic heterocycles. The minimum Gasteiger partial charge on any atom is -0.481 e. The van der Waals surface area contributed by atoms with Gasteiger partial charge in [-0.15, -0.1) is 0 Å². The first kappa shape index (κ1) is 12.0. The summed E-state index contributed by atoms with van der Waals surface area (Å²) < 4.78 is 0. The van der Waals surface area contributed by atoms with E-state index < -0.39 is 11.5 Å². The Balaban J connectivity index is 2.00. The third kappa shape index (κ3) is 1.94. The van der Waals surface area contributed by atoms with Crippen LogP contribution in [0.15, 0.2) is 24.3 Å². The SMILES string of the molecule is O=C(O)CC1(N2CC(=O)Nc3ccccc32)CNC1. The number of carbonyl (C=O) groups excluding carboxylic acids is 1. The number of nitrogens with one attached hydrogen (secondary N) is 2. The molecule has 3 N–H and O–H groups in total. The van der Waals surface area contributed by atoms with Crippen molar-refractivity contribution in [1.29, 1.82) is 0 Å². The summed E-state index contributed by atoms with van der Waals surface area (Å²) in [6.07, 6.45) is 0.0294. The third-order valence-corrected chi connectivity index (χ3v) is 3.73. The number of hydrogen-bond acceptors (Lipinski definition) is 4. The van der Waals surface area contributed by atoms with Gasteiger partial charge in [0, 0.05) is 13.1 Å². The van der Waals surface area contributed by atoms with Crippen LogP contribution >= 0.6 is 0 Å². The molecule has 1 fully saturated rings. The first-order chi connectivity index (χ1) is 9.11. The number of amides is 1. The smallest absolute Gasteiger partial charge is 0.305 e. The Bertz CT molecular complexity index is 540. The summed E-state index contributed by atoms with van der Waals surface area (Å²) in [5.74, 6) is -0.944. The van der Waals surface area contributed by atoms with Crippen molar-refractivity contribution >= 4 is 23.3 Å². The van der Waals surface area contributed by atoms with E-state index in [0.29, 0.717) is 13.1 Å². The van der Waals surface area contributed by atoms with Gasteiger partial charge >= 0.3 is 5.97 Å². The van der Waals surface area contributed by atoms with E-state index in [2.05, 4.69) is 10.6 Å². The second-order valence-corrected chi connectivity index (χ2v) is 5.05. The zero-order chi connectivity index (χ0) is 13.5. The normalized spacial score (nSPS) is 20.2. The van der Waals surface area contributed by atoms with Crippen LogP contribution in [0.1, 0.15) is 6.42 Å². The number of carboxylic acid groups (broad SMARTS) is 1. The summed E-state index contributed by atoms with van der Waals surface area (Å²) in [7, 11) is 0. The molecule has 6 heteroatoms. The van der Waals surface area contributed by atoms with E-state index in [1.807, 2.05) is 29.2 Å². The monoisotopic (exact) mass is 261 g/mol. The number of hydrogen-bond donors (Lipinski definition) is 3. The molecule has 100 valence electrons. The van der Waals surface area contributed by atoms with Crippen LogP contribution in [0.25, 0.3) is 0 Å². The molecule has 0 atom stereocenters. The first-order valence-electron chi connectivity index (χ1n) is 6.20. The molecule has 2 heterocycles. The van der Waals surface area contributed by atoms with Gasteiger partial charge in [-0.05, 0) is 12.1 Å². The molecule has 2 aliphatic heterocycles. The fourth-order valence-corrected chi connectivity index (χ4v) is 2.76. The lowest BCUT2D eigenvalue weighted by Gasteiger charge is -2.52. The third-order valence-electron chi connectivity index (χ3n) is 3.73. The summed E-state index contributed by atoms with van der Waals surface area (Å²) in [5, 5.41) is 15.0. The maximum absolute atomic E-state index is 11.8. The molecule has 1 aromatic carbocycles. The van der Waals surface area contributed by atoms with E-state index in [4.69, 9.17) is 5.11 Å². The van der Waals surface area contributed by atoms with Crippen molar-refractivity contribution in [2.24, 2.45) is 0 Å². The van der Waals surface area contributed by atoms with Crippen molar-refractivity contribution in [1.82, 2.24) is 5.32 Å². The van der Waals surface area contributed by atoms with Crippen molar-refractivity contribution in [3.05, 3.63) is 24.3 Å². The molecule has 1 aromatic rings. The van der Waals surface area contributed by atoms with Crippen LogP contribution < -0.4 is 15.5 Å². The standard InChI is InChI=1S/C13H15N3O3/c17-11-6-16(10-4-2-1-3-9(10)15-11)13(5-12(18)19)7-14-8-13/h1-4,14H,5-8H2,(H,15,17)(H,18,19). The van der Waals surface area contributed by atoms with Gasteiger partial charge in [-0.2, -0.15) is 0 Å². The highest BCUT2D eigenvalue weighted by molar-refractivity contribution is 6.01. The zero-order valence-electron chi connectivity index (χ0n) is 10.3. The van der Waals surface area contributed by atoms with Gasteiger partial charge < -0.3 is 20.6 Å². The fraction of sp³-hybridized carbons (Fsp3) is 0.385. The molecule has 0 unspecified atom stereocenters. The maximum atomic E-state index is 11.8. The molecule has 0 saturated carbocycles. The van der Waals surface area contributed by atoms with Crippen molar-refractivity contribution in [2.75, 3.05) is 29.9 Å². The maximum Gasteiger partial charge on any atom is 0.305 e. The van der Waals surface area contributed by atoms with Crippen molar-refractivity contribution in [3.63, 3.8) is 0 Å². The van der Waals surface area contributed by atoms with E-state index in [1.54, 1.807) is 0 Å². The molecule has 0 radical (unpaired) electrons. The summed E-state index contributed by atoms with van der Waals surface area (Å²) in [5.41, 5.74) is 1.14. The van der Waals surface area contributed by atoms with Crippen LogP contribution in [0.5, 0.6) is 0 Å². The highest BCUT2D eigenvalue weighted by Gasteiger charge is 2.46. The van der Waals surface area contributed by atoms with E-state index >= 15 is 0 Å². The van der Waals surface area contributed by atoms with E-state index in [1.165, 1.54) is 0 Å². The van der Waals surface area contributed by atoms with Crippen LogP contribution in [0.4, 0.5) is 11.4 Å². The molecular formula is C13H15N3O3. The van der Waals surface area contributed by atoms with Crippen LogP contribution in [-0.2, 0) is 9.59 Å². The molecule has 19 heavy (non-hydrogen) atoms. The van der Waals surface area contributed by atoms with Crippen LogP contribution in [-0.4, -0.2) is 42.2 Å². The second-order valence-electron chi connectivity index (χ2n) is 5.05. The van der Waals surface area contributed by atoms with Gasteiger partial charge in [-0.3, -0.25) is 9.59 Å². The number of carboxylic acids is 1. The molecule has 0 bridgehead atoms.